The highest BCUT2D eigenvalue weighted by Crippen LogP contribution is 2.24. The zero-order valence-electron chi connectivity index (χ0n) is 15.3. The Hall–Kier alpha value is -2.49. The Kier molecular flexibility index (Phi) is 4.04. The summed E-state index contributed by atoms with van der Waals surface area (Å²) in [6, 6.07) is 8.94. The van der Waals surface area contributed by atoms with Gasteiger partial charge in [0.1, 0.15) is 0 Å². The van der Waals surface area contributed by atoms with E-state index in [1.807, 2.05) is 0 Å². The van der Waals surface area contributed by atoms with E-state index in [4.69, 9.17) is 5.10 Å². The molecule has 4 heteroatoms. The predicted octanol–water partition coefficient (Wildman–Crippen LogP) is 3.72. The summed E-state index contributed by atoms with van der Waals surface area (Å²) in [5.74, 6) is 0. The van der Waals surface area contributed by atoms with Crippen molar-refractivity contribution in [3.63, 3.8) is 0 Å². The van der Waals surface area contributed by atoms with E-state index in [2.05, 4.69) is 63.2 Å². The van der Waals surface area contributed by atoms with Gasteiger partial charge in [-0.3, -0.25) is 0 Å². The normalized spacial score (nSPS) is 19.6. The van der Waals surface area contributed by atoms with Crippen molar-refractivity contribution in [2.24, 2.45) is 0 Å². The molecular weight excluding hydrogens is 320 g/mol. The molecule has 1 aromatic heterocycles. The summed E-state index contributed by atoms with van der Waals surface area (Å²) in [4.78, 5) is 4.98. The molecule has 1 aliphatic carbocycles. The lowest BCUT2D eigenvalue weighted by molar-refractivity contribution is 0.368. The molecule has 2 aromatic rings. The third-order valence-electron chi connectivity index (χ3n) is 5.88. The molecule has 0 spiro atoms. The summed E-state index contributed by atoms with van der Waals surface area (Å²) < 4.78 is 2.07. The first-order chi connectivity index (χ1) is 12.9. The van der Waals surface area contributed by atoms with Crippen LogP contribution in [0, 0.1) is 0 Å². The number of anilines is 1. The van der Waals surface area contributed by atoms with Crippen molar-refractivity contribution in [1.29, 1.82) is 0 Å². The van der Waals surface area contributed by atoms with Gasteiger partial charge in [0.15, 0.2) is 0 Å². The first-order valence-electron chi connectivity index (χ1n) is 9.93. The molecule has 134 valence electrons. The zero-order chi connectivity index (χ0) is 17.3. The van der Waals surface area contributed by atoms with E-state index in [0.717, 1.165) is 25.9 Å². The quantitative estimate of drug-likeness (QED) is 0.847. The van der Waals surface area contributed by atoms with Crippen LogP contribution in [0.3, 0.4) is 0 Å². The Morgan fingerprint density at radius 3 is 2.23 bits per heavy atom. The Balaban J connectivity index is 1.31. The summed E-state index contributed by atoms with van der Waals surface area (Å²) in [5.41, 5.74) is 6.55. The van der Waals surface area contributed by atoms with E-state index in [-0.39, 0.29) is 0 Å². The molecule has 0 amide bonds. The Morgan fingerprint density at radius 1 is 0.769 bits per heavy atom. The first kappa shape index (κ1) is 15.7. The molecule has 1 saturated heterocycles. The molecule has 26 heavy (non-hydrogen) atoms. The topological polar surface area (TPSA) is 24.3 Å². The Bertz CT molecular complexity index is 812. The van der Waals surface area contributed by atoms with Gasteiger partial charge in [-0.25, -0.2) is 4.68 Å². The standard InChI is InChI=1S/C22H26N4/c1-2-13-24(14-3-1)20-7-9-21(10-8-20)26-17-18-11-15-25(19-5-4-6-19)16-12-22(18)23-26/h4-10,17H,1-3,11-16H2. The predicted molar refractivity (Wildman–Crippen MR) is 106 cm³/mol. The smallest absolute Gasteiger partial charge is 0.0679 e. The molecule has 0 unspecified atom stereocenters. The fraction of sp³-hybridized carbons (Fsp3) is 0.409. The molecular formula is C22H26N4. The lowest BCUT2D eigenvalue weighted by Gasteiger charge is -2.28. The van der Waals surface area contributed by atoms with E-state index < -0.39 is 0 Å². The number of benzene rings is 1. The van der Waals surface area contributed by atoms with E-state index in [9.17, 15) is 0 Å². The van der Waals surface area contributed by atoms with Crippen LogP contribution in [0.15, 0.2) is 54.4 Å². The highest BCUT2D eigenvalue weighted by atomic mass is 15.3. The molecule has 0 saturated carbocycles. The van der Waals surface area contributed by atoms with Crippen molar-refractivity contribution in [2.75, 3.05) is 31.1 Å². The van der Waals surface area contributed by atoms with Crippen LogP contribution in [0.25, 0.3) is 5.69 Å². The fourth-order valence-corrected chi connectivity index (χ4v) is 4.22. The van der Waals surface area contributed by atoms with Gasteiger partial charge in [0.05, 0.1) is 11.4 Å². The first-order valence-corrected chi connectivity index (χ1v) is 9.93. The SMILES string of the molecule is C1=CC(N2CCc3cn(-c4ccc(N5CCCCC5)cc4)nc3CC2)=C1. The van der Waals surface area contributed by atoms with Gasteiger partial charge in [0.25, 0.3) is 0 Å². The van der Waals surface area contributed by atoms with Crippen LogP contribution in [-0.2, 0) is 12.8 Å². The third kappa shape index (κ3) is 2.94. The minimum atomic E-state index is 1.03. The van der Waals surface area contributed by atoms with E-state index in [1.165, 1.54) is 60.7 Å². The number of nitrogens with zero attached hydrogens (tertiary/aromatic N) is 4. The minimum Gasteiger partial charge on any atom is -0.372 e. The van der Waals surface area contributed by atoms with Gasteiger partial charge in [-0.15, -0.1) is 0 Å². The summed E-state index contributed by atoms with van der Waals surface area (Å²) in [5, 5.41) is 4.90. The number of piperidine rings is 1. The number of aromatic nitrogens is 2. The number of rotatable bonds is 3. The number of hydrogen-bond donors (Lipinski definition) is 0. The molecule has 0 bridgehead atoms. The minimum absolute atomic E-state index is 1.03. The largest absolute Gasteiger partial charge is 0.372 e. The van der Waals surface area contributed by atoms with Gasteiger partial charge >= 0.3 is 0 Å². The van der Waals surface area contributed by atoms with Gasteiger partial charge in [-0.05, 0) is 67.7 Å². The van der Waals surface area contributed by atoms with Crippen LogP contribution in [0.2, 0.25) is 0 Å². The zero-order valence-corrected chi connectivity index (χ0v) is 15.3. The van der Waals surface area contributed by atoms with Crippen LogP contribution < -0.4 is 4.90 Å². The van der Waals surface area contributed by atoms with Crippen LogP contribution >= 0.6 is 0 Å². The molecule has 0 radical (unpaired) electrons. The lowest BCUT2D eigenvalue weighted by atomic mass is 10.1. The molecule has 2 aliphatic heterocycles. The summed E-state index contributed by atoms with van der Waals surface area (Å²) in [6.45, 7) is 4.53. The van der Waals surface area contributed by atoms with Crippen molar-refractivity contribution in [2.45, 2.75) is 32.1 Å². The van der Waals surface area contributed by atoms with Crippen molar-refractivity contribution in [3.05, 3.63) is 65.6 Å². The Labute approximate surface area is 155 Å². The number of allylic oxidation sites excluding steroid dienone is 3. The van der Waals surface area contributed by atoms with E-state index in [0.29, 0.717) is 0 Å². The summed E-state index contributed by atoms with van der Waals surface area (Å²) in [6.07, 6.45) is 14.9. The van der Waals surface area contributed by atoms with Crippen LogP contribution in [-0.4, -0.2) is 40.9 Å². The second-order valence-electron chi connectivity index (χ2n) is 7.55. The van der Waals surface area contributed by atoms with E-state index >= 15 is 0 Å². The fourth-order valence-electron chi connectivity index (χ4n) is 4.22. The average Bonchev–Trinajstić information content (AvgIpc) is 2.97. The van der Waals surface area contributed by atoms with Gasteiger partial charge in [0, 0.05) is 50.2 Å². The summed E-state index contributed by atoms with van der Waals surface area (Å²) >= 11 is 0. The molecule has 3 heterocycles. The lowest BCUT2D eigenvalue weighted by Crippen LogP contribution is -2.29. The molecule has 0 atom stereocenters. The second kappa shape index (κ2) is 6.67. The van der Waals surface area contributed by atoms with Gasteiger partial charge in [-0.1, -0.05) is 6.08 Å². The second-order valence-corrected chi connectivity index (χ2v) is 7.55. The van der Waals surface area contributed by atoms with Gasteiger partial charge in [-0.2, -0.15) is 5.10 Å². The third-order valence-corrected chi connectivity index (χ3v) is 5.88. The molecule has 0 N–H and O–H groups in total. The summed E-state index contributed by atoms with van der Waals surface area (Å²) in [7, 11) is 0. The van der Waals surface area contributed by atoms with E-state index in [1.54, 1.807) is 0 Å². The van der Waals surface area contributed by atoms with Crippen LogP contribution in [0.5, 0.6) is 0 Å². The molecule has 4 nitrogen and oxygen atoms in total. The average molecular weight is 346 g/mol. The molecule has 1 fully saturated rings. The monoisotopic (exact) mass is 346 g/mol. The Morgan fingerprint density at radius 2 is 1.50 bits per heavy atom. The van der Waals surface area contributed by atoms with Crippen molar-refractivity contribution < 1.29 is 0 Å². The van der Waals surface area contributed by atoms with Crippen LogP contribution in [0.1, 0.15) is 30.5 Å². The highest BCUT2D eigenvalue weighted by Gasteiger charge is 2.19. The molecule has 1 aromatic carbocycles. The maximum Gasteiger partial charge on any atom is 0.0679 e. The maximum absolute atomic E-state index is 4.90. The van der Waals surface area contributed by atoms with Crippen molar-refractivity contribution >= 4 is 5.69 Å². The highest BCUT2D eigenvalue weighted by molar-refractivity contribution is 5.51. The number of fused-ring (bicyclic) bond motifs is 1. The van der Waals surface area contributed by atoms with Crippen molar-refractivity contribution in [1.82, 2.24) is 14.7 Å². The maximum atomic E-state index is 4.90. The van der Waals surface area contributed by atoms with Crippen LogP contribution in [0.4, 0.5) is 5.69 Å². The van der Waals surface area contributed by atoms with Gasteiger partial charge < -0.3 is 9.80 Å². The molecule has 5 rings (SSSR count). The van der Waals surface area contributed by atoms with Gasteiger partial charge in [0.2, 0.25) is 0 Å². The molecule has 3 aliphatic rings. The number of hydrogen-bond acceptors (Lipinski definition) is 3. The van der Waals surface area contributed by atoms with Crippen molar-refractivity contribution in [3.8, 4) is 5.69 Å².